The molecule has 3 aromatic heterocycles. The molecule has 3 heterocycles. The molecule has 136 valence electrons. The van der Waals surface area contributed by atoms with E-state index in [0.717, 1.165) is 15.9 Å². The topological polar surface area (TPSA) is 81.0 Å². The van der Waals surface area contributed by atoms with Gasteiger partial charge in [0.2, 0.25) is 5.91 Å². The molecule has 2 N–H and O–H groups in total. The minimum absolute atomic E-state index is 0.0986. The first kappa shape index (κ1) is 17.0. The van der Waals surface area contributed by atoms with Crippen LogP contribution in [0.15, 0.2) is 60.2 Å². The van der Waals surface area contributed by atoms with E-state index < -0.39 is 0 Å². The van der Waals surface area contributed by atoms with Crippen LogP contribution in [0.4, 0.5) is 5.69 Å². The molecule has 4 rings (SSSR count). The van der Waals surface area contributed by atoms with Crippen molar-refractivity contribution in [1.29, 1.82) is 0 Å². The minimum atomic E-state index is -0.286. The van der Waals surface area contributed by atoms with Crippen molar-refractivity contribution in [3.8, 4) is 5.69 Å². The third kappa shape index (κ3) is 3.47. The molecule has 0 aliphatic rings. The van der Waals surface area contributed by atoms with Crippen molar-refractivity contribution in [2.24, 2.45) is 7.05 Å². The highest BCUT2D eigenvalue weighted by Gasteiger charge is 2.15. The van der Waals surface area contributed by atoms with Gasteiger partial charge in [0.15, 0.2) is 0 Å². The summed E-state index contributed by atoms with van der Waals surface area (Å²) >= 11 is 1.58. The number of aromatic nitrogens is 3. The quantitative estimate of drug-likeness (QED) is 0.559. The summed E-state index contributed by atoms with van der Waals surface area (Å²) in [5.74, 6) is -0.559. The van der Waals surface area contributed by atoms with Gasteiger partial charge in [0.05, 0.1) is 22.4 Å². The number of aryl methyl sites for hydroxylation is 1. The number of thiophene rings is 1. The molecule has 0 saturated carbocycles. The summed E-state index contributed by atoms with van der Waals surface area (Å²) in [5.41, 5.74) is 3.10. The van der Waals surface area contributed by atoms with Gasteiger partial charge >= 0.3 is 0 Å². The molecular weight excluding hydrogens is 362 g/mol. The number of carbonyl (C=O) groups is 2. The van der Waals surface area contributed by atoms with E-state index >= 15 is 0 Å². The molecule has 0 aliphatic carbocycles. The van der Waals surface area contributed by atoms with Crippen LogP contribution in [0.5, 0.6) is 0 Å². The van der Waals surface area contributed by atoms with Gasteiger partial charge in [-0.05, 0) is 47.8 Å². The van der Waals surface area contributed by atoms with E-state index in [-0.39, 0.29) is 18.4 Å². The van der Waals surface area contributed by atoms with Gasteiger partial charge in [0.1, 0.15) is 5.69 Å². The highest BCUT2D eigenvalue weighted by molar-refractivity contribution is 7.17. The summed E-state index contributed by atoms with van der Waals surface area (Å²) in [6, 6.07) is 13.0. The van der Waals surface area contributed by atoms with Gasteiger partial charge in [-0.15, -0.1) is 11.3 Å². The molecule has 0 radical (unpaired) electrons. The second kappa shape index (κ2) is 7.08. The van der Waals surface area contributed by atoms with Crippen molar-refractivity contribution >= 4 is 39.1 Å². The Kier molecular flexibility index (Phi) is 4.47. The van der Waals surface area contributed by atoms with Gasteiger partial charge in [-0.3, -0.25) is 9.59 Å². The third-order valence-corrected chi connectivity index (χ3v) is 5.08. The first-order chi connectivity index (χ1) is 13.1. The van der Waals surface area contributed by atoms with Crippen LogP contribution in [-0.2, 0) is 11.8 Å². The van der Waals surface area contributed by atoms with Crippen LogP contribution in [-0.4, -0.2) is 32.7 Å². The SMILES string of the molecule is Cn1c(C(=O)NCC(=O)Nc2ccc(-n3cccn3)cc2)cc2sccc21. The number of fused-ring (bicyclic) bond motifs is 1. The van der Waals surface area contributed by atoms with E-state index in [0.29, 0.717) is 11.4 Å². The largest absolute Gasteiger partial charge is 0.342 e. The highest BCUT2D eigenvalue weighted by atomic mass is 32.1. The third-order valence-electron chi connectivity index (χ3n) is 4.23. The van der Waals surface area contributed by atoms with Gasteiger partial charge in [0, 0.05) is 25.1 Å². The summed E-state index contributed by atoms with van der Waals surface area (Å²) in [4.78, 5) is 24.5. The van der Waals surface area contributed by atoms with E-state index in [2.05, 4.69) is 15.7 Å². The molecule has 4 aromatic rings. The molecule has 0 spiro atoms. The lowest BCUT2D eigenvalue weighted by atomic mass is 10.3. The molecule has 7 nitrogen and oxygen atoms in total. The number of carbonyl (C=O) groups excluding carboxylic acids is 2. The van der Waals surface area contributed by atoms with Crippen molar-refractivity contribution in [3.63, 3.8) is 0 Å². The Morgan fingerprint density at radius 2 is 2.00 bits per heavy atom. The zero-order valence-electron chi connectivity index (χ0n) is 14.5. The lowest BCUT2D eigenvalue weighted by Crippen LogP contribution is -2.33. The van der Waals surface area contributed by atoms with E-state index in [1.807, 2.05) is 53.5 Å². The van der Waals surface area contributed by atoms with Gasteiger partial charge in [-0.2, -0.15) is 5.10 Å². The number of amides is 2. The molecule has 2 amide bonds. The number of nitrogens with one attached hydrogen (secondary N) is 2. The standard InChI is InChI=1S/C19H17N5O2S/c1-23-15-7-10-27-17(15)11-16(23)19(26)20-12-18(25)22-13-3-5-14(6-4-13)24-9-2-8-21-24/h2-11H,12H2,1H3,(H,20,26)(H,22,25). The first-order valence-electron chi connectivity index (χ1n) is 8.33. The number of hydrogen-bond donors (Lipinski definition) is 2. The molecule has 27 heavy (non-hydrogen) atoms. The smallest absolute Gasteiger partial charge is 0.268 e. The van der Waals surface area contributed by atoms with Crippen LogP contribution in [0.1, 0.15) is 10.5 Å². The van der Waals surface area contributed by atoms with Crippen molar-refractivity contribution in [2.75, 3.05) is 11.9 Å². The molecular formula is C19H17N5O2S. The Hall–Kier alpha value is -3.39. The number of anilines is 1. The molecule has 1 aromatic carbocycles. The number of hydrogen-bond acceptors (Lipinski definition) is 4. The Morgan fingerprint density at radius 3 is 2.70 bits per heavy atom. The Bertz CT molecular complexity index is 1090. The van der Waals surface area contributed by atoms with E-state index in [9.17, 15) is 9.59 Å². The monoisotopic (exact) mass is 379 g/mol. The molecule has 0 atom stereocenters. The predicted molar refractivity (Wildman–Crippen MR) is 105 cm³/mol. The zero-order chi connectivity index (χ0) is 18.8. The average Bonchev–Trinajstić information content (AvgIpc) is 3.40. The fraction of sp³-hybridized carbons (Fsp3) is 0.105. The molecule has 0 fully saturated rings. The van der Waals surface area contributed by atoms with Gasteiger partial charge < -0.3 is 15.2 Å². The second-order valence-corrected chi connectivity index (χ2v) is 6.93. The van der Waals surface area contributed by atoms with Crippen LogP contribution >= 0.6 is 11.3 Å². The van der Waals surface area contributed by atoms with E-state index in [1.54, 1.807) is 34.3 Å². The number of benzene rings is 1. The lowest BCUT2D eigenvalue weighted by Gasteiger charge is -2.08. The summed E-state index contributed by atoms with van der Waals surface area (Å²) in [6.45, 7) is -0.0986. The number of rotatable bonds is 5. The molecule has 0 unspecified atom stereocenters. The van der Waals surface area contributed by atoms with Crippen LogP contribution in [0, 0.1) is 0 Å². The predicted octanol–water partition coefficient (Wildman–Crippen LogP) is 2.79. The average molecular weight is 379 g/mol. The van der Waals surface area contributed by atoms with Gasteiger partial charge in [-0.25, -0.2) is 4.68 Å². The zero-order valence-corrected chi connectivity index (χ0v) is 15.4. The lowest BCUT2D eigenvalue weighted by molar-refractivity contribution is -0.115. The maximum Gasteiger partial charge on any atom is 0.268 e. The van der Waals surface area contributed by atoms with Crippen LogP contribution < -0.4 is 10.6 Å². The molecule has 8 heteroatoms. The maximum atomic E-state index is 12.3. The molecule has 0 aliphatic heterocycles. The summed E-state index contributed by atoms with van der Waals surface area (Å²) in [7, 11) is 1.84. The fourth-order valence-electron chi connectivity index (χ4n) is 2.84. The highest BCUT2D eigenvalue weighted by Crippen LogP contribution is 2.24. The van der Waals surface area contributed by atoms with E-state index in [4.69, 9.17) is 0 Å². The van der Waals surface area contributed by atoms with Gasteiger partial charge in [0.25, 0.3) is 5.91 Å². The van der Waals surface area contributed by atoms with Crippen LogP contribution in [0.3, 0.4) is 0 Å². The summed E-state index contributed by atoms with van der Waals surface area (Å²) in [5, 5.41) is 11.6. The van der Waals surface area contributed by atoms with Crippen molar-refractivity contribution in [3.05, 3.63) is 65.9 Å². The maximum absolute atomic E-state index is 12.3. The summed E-state index contributed by atoms with van der Waals surface area (Å²) < 4.78 is 4.60. The van der Waals surface area contributed by atoms with Crippen molar-refractivity contribution in [1.82, 2.24) is 19.7 Å². The second-order valence-electron chi connectivity index (χ2n) is 5.99. The van der Waals surface area contributed by atoms with Crippen molar-refractivity contribution in [2.45, 2.75) is 0 Å². The first-order valence-corrected chi connectivity index (χ1v) is 9.21. The molecule has 0 bridgehead atoms. The Morgan fingerprint density at radius 1 is 1.19 bits per heavy atom. The Labute approximate surface area is 159 Å². The van der Waals surface area contributed by atoms with Gasteiger partial charge in [-0.1, -0.05) is 0 Å². The molecule has 0 saturated heterocycles. The van der Waals surface area contributed by atoms with Crippen LogP contribution in [0.25, 0.3) is 15.9 Å². The normalized spacial score (nSPS) is 10.9. The minimum Gasteiger partial charge on any atom is -0.342 e. The summed E-state index contributed by atoms with van der Waals surface area (Å²) in [6.07, 6.45) is 3.55. The van der Waals surface area contributed by atoms with Crippen molar-refractivity contribution < 1.29 is 9.59 Å². The Balaban J connectivity index is 1.34. The van der Waals surface area contributed by atoms with Crippen LogP contribution in [0.2, 0.25) is 0 Å². The fourth-order valence-corrected chi connectivity index (χ4v) is 3.69. The van der Waals surface area contributed by atoms with E-state index in [1.165, 1.54) is 0 Å². The number of nitrogens with zero attached hydrogens (tertiary/aromatic N) is 3.